The van der Waals surface area contributed by atoms with E-state index in [1.165, 1.54) is 0 Å². The first-order valence-corrected chi connectivity index (χ1v) is 9.73. The summed E-state index contributed by atoms with van der Waals surface area (Å²) in [5.41, 5.74) is 0. The minimum absolute atomic E-state index is 0.0433. The molecule has 2 atom stereocenters. The SMILES string of the molecule is CCNC(=NCC(C)Oc1cccc(OC)c1)NCCCOC1CCOC1. The fraction of sp³-hybridized carbons (Fsp3) is 0.650. The van der Waals surface area contributed by atoms with Gasteiger partial charge in [-0.25, -0.2) is 4.99 Å². The molecular formula is C20H33N3O4. The monoisotopic (exact) mass is 379 g/mol. The highest BCUT2D eigenvalue weighted by molar-refractivity contribution is 5.79. The molecule has 0 aliphatic carbocycles. The van der Waals surface area contributed by atoms with Gasteiger partial charge in [0.25, 0.3) is 0 Å². The average Bonchev–Trinajstić information content (AvgIpc) is 3.19. The van der Waals surface area contributed by atoms with Crippen molar-refractivity contribution in [1.82, 2.24) is 10.6 Å². The number of benzene rings is 1. The Kier molecular flexibility index (Phi) is 9.79. The zero-order chi connectivity index (χ0) is 19.3. The van der Waals surface area contributed by atoms with Crippen LogP contribution in [0.1, 0.15) is 26.7 Å². The Morgan fingerprint density at radius 1 is 1.33 bits per heavy atom. The number of hydrogen-bond acceptors (Lipinski definition) is 5. The van der Waals surface area contributed by atoms with Crippen LogP contribution in [0, 0.1) is 0 Å². The lowest BCUT2D eigenvalue weighted by Gasteiger charge is -2.16. The van der Waals surface area contributed by atoms with Crippen molar-refractivity contribution in [2.75, 3.05) is 46.6 Å². The summed E-state index contributed by atoms with van der Waals surface area (Å²) in [6.07, 6.45) is 2.15. The van der Waals surface area contributed by atoms with E-state index in [2.05, 4.69) is 22.5 Å². The molecular weight excluding hydrogens is 346 g/mol. The van der Waals surface area contributed by atoms with Gasteiger partial charge in [0, 0.05) is 32.4 Å². The number of rotatable bonds is 11. The van der Waals surface area contributed by atoms with Gasteiger partial charge in [-0.1, -0.05) is 6.07 Å². The van der Waals surface area contributed by atoms with Gasteiger partial charge in [-0.2, -0.15) is 0 Å². The van der Waals surface area contributed by atoms with Crippen molar-refractivity contribution in [3.63, 3.8) is 0 Å². The van der Waals surface area contributed by atoms with E-state index in [9.17, 15) is 0 Å². The maximum absolute atomic E-state index is 5.91. The Labute approximate surface area is 162 Å². The van der Waals surface area contributed by atoms with Crippen LogP contribution in [0.15, 0.2) is 29.3 Å². The second kappa shape index (κ2) is 12.4. The first-order chi connectivity index (χ1) is 13.2. The van der Waals surface area contributed by atoms with Gasteiger partial charge in [-0.15, -0.1) is 0 Å². The molecule has 1 heterocycles. The Bertz CT molecular complexity index is 562. The Balaban J connectivity index is 1.69. The molecule has 1 aromatic rings. The van der Waals surface area contributed by atoms with E-state index in [4.69, 9.17) is 18.9 Å². The highest BCUT2D eigenvalue weighted by atomic mass is 16.5. The predicted octanol–water partition coefficient (Wildman–Crippen LogP) is 2.21. The third-order valence-electron chi connectivity index (χ3n) is 4.08. The number of guanidine groups is 1. The first-order valence-electron chi connectivity index (χ1n) is 9.73. The van der Waals surface area contributed by atoms with Gasteiger partial charge in [0.05, 0.1) is 26.4 Å². The smallest absolute Gasteiger partial charge is 0.191 e. The standard InChI is InChI=1S/C20H33N3O4/c1-4-21-20(22-10-6-11-26-19-9-12-25-15-19)23-14-16(2)27-18-8-5-7-17(13-18)24-3/h5,7-8,13,16,19H,4,6,9-12,14-15H2,1-3H3,(H2,21,22,23). The van der Waals surface area contributed by atoms with Crippen LogP contribution >= 0.6 is 0 Å². The zero-order valence-corrected chi connectivity index (χ0v) is 16.7. The third kappa shape index (κ3) is 8.49. The van der Waals surface area contributed by atoms with Gasteiger partial charge in [-0.3, -0.25) is 0 Å². The Morgan fingerprint density at radius 3 is 2.93 bits per heavy atom. The van der Waals surface area contributed by atoms with E-state index >= 15 is 0 Å². The lowest BCUT2D eigenvalue weighted by molar-refractivity contribution is 0.0420. The Morgan fingerprint density at radius 2 is 2.19 bits per heavy atom. The summed E-state index contributed by atoms with van der Waals surface area (Å²) in [6.45, 7) is 8.51. The van der Waals surface area contributed by atoms with Crippen molar-refractivity contribution in [3.05, 3.63) is 24.3 Å². The molecule has 2 unspecified atom stereocenters. The van der Waals surface area contributed by atoms with Gasteiger partial charge in [0.15, 0.2) is 5.96 Å². The summed E-state index contributed by atoms with van der Waals surface area (Å²) < 4.78 is 22.2. The van der Waals surface area contributed by atoms with Crippen LogP contribution in [0.3, 0.4) is 0 Å². The van der Waals surface area contributed by atoms with E-state index in [1.54, 1.807) is 7.11 Å². The molecule has 0 bridgehead atoms. The average molecular weight is 380 g/mol. The van der Waals surface area contributed by atoms with Gasteiger partial charge in [0.2, 0.25) is 0 Å². The summed E-state index contributed by atoms with van der Waals surface area (Å²) in [7, 11) is 1.65. The maximum atomic E-state index is 5.91. The molecule has 1 aliphatic heterocycles. The molecule has 7 nitrogen and oxygen atoms in total. The summed E-state index contributed by atoms with van der Waals surface area (Å²) in [6, 6.07) is 7.60. The summed E-state index contributed by atoms with van der Waals surface area (Å²) in [5.74, 6) is 2.36. The molecule has 1 saturated heterocycles. The molecule has 27 heavy (non-hydrogen) atoms. The molecule has 7 heteroatoms. The maximum Gasteiger partial charge on any atom is 0.191 e. The molecule has 0 radical (unpaired) electrons. The second-order valence-electron chi connectivity index (χ2n) is 6.46. The third-order valence-corrected chi connectivity index (χ3v) is 4.08. The summed E-state index contributed by atoms with van der Waals surface area (Å²) in [5, 5.41) is 6.59. The van der Waals surface area contributed by atoms with Crippen molar-refractivity contribution in [2.24, 2.45) is 4.99 Å². The van der Waals surface area contributed by atoms with E-state index in [1.807, 2.05) is 31.2 Å². The minimum atomic E-state index is -0.0433. The highest BCUT2D eigenvalue weighted by Crippen LogP contribution is 2.19. The fourth-order valence-electron chi connectivity index (χ4n) is 2.68. The van der Waals surface area contributed by atoms with Crippen LogP contribution in [-0.4, -0.2) is 64.7 Å². The summed E-state index contributed by atoms with van der Waals surface area (Å²) in [4.78, 5) is 4.60. The number of nitrogens with one attached hydrogen (secondary N) is 2. The van der Waals surface area contributed by atoms with E-state index in [0.717, 1.165) is 63.2 Å². The second-order valence-corrected chi connectivity index (χ2v) is 6.46. The van der Waals surface area contributed by atoms with Gasteiger partial charge < -0.3 is 29.6 Å². The highest BCUT2D eigenvalue weighted by Gasteiger charge is 2.15. The molecule has 0 spiro atoms. The van der Waals surface area contributed by atoms with Crippen molar-refractivity contribution in [1.29, 1.82) is 0 Å². The van der Waals surface area contributed by atoms with Crippen molar-refractivity contribution in [2.45, 2.75) is 38.9 Å². The van der Waals surface area contributed by atoms with Crippen LogP contribution in [0.4, 0.5) is 0 Å². The first kappa shape index (κ1) is 21.3. The normalized spacial score (nSPS) is 18.2. The van der Waals surface area contributed by atoms with Gasteiger partial charge >= 0.3 is 0 Å². The van der Waals surface area contributed by atoms with Crippen molar-refractivity contribution < 1.29 is 18.9 Å². The minimum Gasteiger partial charge on any atom is -0.497 e. The summed E-state index contributed by atoms with van der Waals surface area (Å²) >= 11 is 0. The topological polar surface area (TPSA) is 73.3 Å². The molecule has 0 saturated carbocycles. The lowest BCUT2D eigenvalue weighted by Crippen LogP contribution is -2.39. The lowest BCUT2D eigenvalue weighted by atomic mass is 10.3. The van der Waals surface area contributed by atoms with E-state index in [0.29, 0.717) is 6.54 Å². The van der Waals surface area contributed by atoms with Gasteiger partial charge in [0.1, 0.15) is 17.6 Å². The number of methoxy groups -OCH3 is 1. The number of hydrogen-bond donors (Lipinski definition) is 2. The van der Waals surface area contributed by atoms with Crippen LogP contribution in [0.5, 0.6) is 11.5 Å². The fourth-order valence-corrected chi connectivity index (χ4v) is 2.68. The number of nitrogens with zero attached hydrogens (tertiary/aromatic N) is 1. The van der Waals surface area contributed by atoms with Crippen LogP contribution in [0.2, 0.25) is 0 Å². The molecule has 1 aliphatic rings. The molecule has 1 fully saturated rings. The quantitative estimate of drug-likeness (QED) is 0.349. The van der Waals surface area contributed by atoms with Crippen molar-refractivity contribution >= 4 is 5.96 Å². The van der Waals surface area contributed by atoms with Crippen LogP contribution < -0.4 is 20.1 Å². The molecule has 2 N–H and O–H groups in total. The molecule has 0 aromatic heterocycles. The zero-order valence-electron chi connectivity index (χ0n) is 16.7. The van der Waals surface area contributed by atoms with Crippen molar-refractivity contribution in [3.8, 4) is 11.5 Å². The van der Waals surface area contributed by atoms with Gasteiger partial charge in [-0.05, 0) is 38.8 Å². The molecule has 0 amide bonds. The van der Waals surface area contributed by atoms with E-state index in [-0.39, 0.29) is 12.2 Å². The van der Waals surface area contributed by atoms with Crippen LogP contribution in [-0.2, 0) is 9.47 Å². The molecule has 1 aromatic carbocycles. The Hall–Kier alpha value is -1.99. The largest absolute Gasteiger partial charge is 0.497 e. The van der Waals surface area contributed by atoms with E-state index < -0.39 is 0 Å². The molecule has 152 valence electrons. The predicted molar refractivity (Wildman–Crippen MR) is 107 cm³/mol. The number of aliphatic imine (C=N–C) groups is 1. The van der Waals surface area contributed by atoms with Crippen LogP contribution in [0.25, 0.3) is 0 Å². The number of ether oxygens (including phenoxy) is 4. The molecule has 2 rings (SSSR count).